The Balaban J connectivity index is 1.37. The summed E-state index contributed by atoms with van der Waals surface area (Å²) in [6, 6.07) is 18.5. The first-order chi connectivity index (χ1) is 15.1. The Morgan fingerprint density at radius 2 is 1.68 bits per heavy atom. The lowest BCUT2D eigenvalue weighted by Gasteiger charge is -2.23. The van der Waals surface area contributed by atoms with Crippen LogP contribution >= 0.6 is 0 Å². The highest BCUT2D eigenvalue weighted by atomic mass is 19.1. The number of nitrogens with zero attached hydrogens (tertiary/aromatic N) is 3. The number of anilines is 2. The normalized spacial score (nSPS) is 14.1. The third kappa shape index (κ3) is 5.06. The van der Waals surface area contributed by atoms with Crippen molar-refractivity contribution in [3.8, 4) is 0 Å². The average molecular weight is 418 g/mol. The van der Waals surface area contributed by atoms with Crippen molar-refractivity contribution in [3.05, 3.63) is 89.9 Å². The number of benzene rings is 2. The van der Waals surface area contributed by atoms with Crippen LogP contribution in [0.25, 0.3) is 0 Å². The van der Waals surface area contributed by atoms with Crippen LogP contribution in [0.5, 0.6) is 0 Å². The maximum atomic E-state index is 13.5. The summed E-state index contributed by atoms with van der Waals surface area (Å²) in [4.78, 5) is 33.3. The summed E-state index contributed by atoms with van der Waals surface area (Å²) in [5, 5.41) is 2.84. The number of hydrogen-bond donors (Lipinski definition) is 1. The molecule has 1 aliphatic heterocycles. The van der Waals surface area contributed by atoms with Crippen molar-refractivity contribution >= 4 is 23.3 Å². The zero-order chi connectivity index (χ0) is 21.6. The fourth-order valence-corrected chi connectivity index (χ4v) is 3.59. The fourth-order valence-electron chi connectivity index (χ4n) is 3.59. The van der Waals surface area contributed by atoms with Crippen molar-refractivity contribution in [1.82, 2.24) is 9.88 Å². The molecule has 0 bridgehead atoms. The summed E-state index contributed by atoms with van der Waals surface area (Å²) in [6.07, 6.45) is 2.42. The Labute approximate surface area is 180 Å². The number of carbonyl (C=O) groups excluding carboxylic acids is 2. The highest BCUT2D eigenvalue weighted by molar-refractivity contribution is 6.04. The number of amides is 2. The van der Waals surface area contributed by atoms with Crippen LogP contribution in [0, 0.1) is 5.82 Å². The Kier molecular flexibility index (Phi) is 6.21. The van der Waals surface area contributed by atoms with Crippen LogP contribution in [0.1, 0.15) is 27.1 Å². The van der Waals surface area contributed by atoms with Crippen molar-refractivity contribution in [1.29, 1.82) is 0 Å². The van der Waals surface area contributed by atoms with E-state index in [1.165, 1.54) is 12.1 Å². The highest BCUT2D eigenvalue weighted by Crippen LogP contribution is 2.18. The van der Waals surface area contributed by atoms with E-state index in [1.54, 1.807) is 35.4 Å². The van der Waals surface area contributed by atoms with Gasteiger partial charge in [-0.15, -0.1) is 0 Å². The molecule has 2 aromatic carbocycles. The first kappa shape index (κ1) is 20.5. The molecule has 2 heterocycles. The minimum absolute atomic E-state index is 0.159. The van der Waals surface area contributed by atoms with E-state index in [9.17, 15) is 14.0 Å². The van der Waals surface area contributed by atoms with Crippen LogP contribution in [0.15, 0.2) is 72.9 Å². The highest BCUT2D eigenvalue weighted by Gasteiger charge is 2.21. The SMILES string of the molecule is O=C(Nc1ccc(N2CCCN(C(=O)c3cccc(F)c3)CC2)nc1)c1ccccc1. The van der Waals surface area contributed by atoms with Gasteiger partial charge in [0, 0.05) is 37.3 Å². The molecule has 1 fully saturated rings. The Hall–Kier alpha value is -3.74. The molecule has 7 heteroatoms. The number of aromatic nitrogens is 1. The number of rotatable bonds is 4. The molecule has 2 amide bonds. The van der Waals surface area contributed by atoms with Gasteiger partial charge in [0.25, 0.3) is 11.8 Å². The van der Waals surface area contributed by atoms with Crippen molar-refractivity contribution in [2.24, 2.45) is 0 Å². The summed E-state index contributed by atoms with van der Waals surface area (Å²) >= 11 is 0. The molecule has 3 aromatic rings. The summed E-state index contributed by atoms with van der Waals surface area (Å²) in [6.45, 7) is 2.53. The van der Waals surface area contributed by atoms with Gasteiger partial charge in [-0.05, 0) is 48.9 Å². The topological polar surface area (TPSA) is 65.5 Å². The molecule has 1 saturated heterocycles. The van der Waals surface area contributed by atoms with E-state index in [0.717, 1.165) is 18.8 Å². The van der Waals surface area contributed by atoms with Crippen molar-refractivity contribution in [2.45, 2.75) is 6.42 Å². The van der Waals surface area contributed by atoms with Crippen molar-refractivity contribution < 1.29 is 14.0 Å². The molecule has 0 saturated carbocycles. The second-order valence-electron chi connectivity index (χ2n) is 7.37. The van der Waals surface area contributed by atoms with Crippen LogP contribution in [-0.4, -0.2) is 47.9 Å². The number of carbonyl (C=O) groups is 2. The molecule has 31 heavy (non-hydrogen) atoms. The second kappa shape index (κ2) is 9.38. The van der Waals surface area contributed by atoms with E-state index >= 15 is 0 Å². The molecule has 0 unspecified atom stereocenters. The maximum absolute atomic E-state index is 13.5. The summed E-state index contributed by atoms with van der Waals surface area (Å²) < 4.78 is 13.5. The van der Waals surface area contributed by atoms with Crippen molar-refractivity contribution in [2.75, 3.05) is 36.4 Å². The lowest BCUT2D eigenvalue weighted by atomic mass is 10.2. The lowest BCUT2D eigenvalue weighted by Crippen LogP contribution is -2.35. The van der Waals surface area contributed by atoms with Crippen LogP contribution in [0.3, 0.4) is 0 Å². The van der Waals surface area contributed by atoms with Gasteiger partial charge >= 0.3 is 0 Å². The van der Waals surface area contributed by atoms with E-state index in [4.69, 9.17) is 0 Å². The number of halogens is 1. The van der Waals surface area contributed by atoms with E-state index < -0.39 is 5.82 Å². The number of pyridine rings is 1. The molecule has 0 aliphatic carbocycles. The van der Waals surface area contributed by atoms with Crippen LogP contribution in [0.2, 0.25) is 0 Å². The summed E-state index contributed by atoms with van der Waals surface area (Å²) in [5.41, 5.74) is 1.57. The molecule has 0 radical (unpaired) electrons. The summed E-state index contributed by atoms with van der Waals surface area (Å²) in [5.74, 6) is 0.0356. The third-order valence-electron chi connectivity index (χ3n) is 5.22. The summed E-state index contributed by atoms with van der Waals surface area (Å²) in [7, 11) is 0. The van der Waals surface area contributed by atoms with Gasteiger partial charge in [-0.1, -0.05) is 24.3 Å². The van der Waals surface area contributed by atoms with E-state index in [0.29, 0.717) is 36.4 Å². The Morgan fingerprint density at radius 3 is 2.42 bits per heavy atom. The second-order valence-corrected chi connectivity index (χ2v) is 7.37. The van der Waals surface area contributed by atoms with Gasteiger partial charge in [-0.2, -0.15) is 0 Å². The smallest absolute Gasteiger partial charge is 0.255 e. The molecule has 4 rings (SSSR count). The predicted octanol–water partition coefficient (Wildman–Crippen LogP) is 3.83. The molecule has 0 atom stereocenters. The zero-order valence-corrected chi connectivity index (χ0v) is 17.0. The van der Waals surface area contributed by atoms with Gasteiger partial charge in [-0.3, -0.25) is 9.59 Å². The van der Waals surface area contributed by atoms with Crippen LogP contribution in [-0.2, 0) is 0 Å². The average Bonchev–Trinajstić information content (AvgIpc) is 3.06. The van der Waals surface area contributed by atoms with Gasteiger partial charge in [-0.25, -0.2) is 9.37 Å². The first-order valence-electron chi connectivity index (χ1n) is 10.2. The van der Waals surface area contributed by atoms with Gasteiger partial charge in [0.2, 0.25) is 0 Å². The van der Waals surface area contributed by atoms with Crippen molar-refractivity contribution in [3.63, 3.8) is 0 Å². The molecule has 1 aliphatic rings. The molecule has 1 N–H and O–H groups in total. The number of hydrogen-bond acceptors (Lipinski definition) is 4. The largest absolute Gasteiger partial charge is 0.355 e. The van der Waals surface area contributed by atoms with Gasteiger partial charge in [0.15, 0.2) is 0 Å². The quantitative estimate of drug-likeness (QED) is 0.700. The predicted molar refractivity (Wildman–Crippen MR) is 118 cm³/mol. The number of nitrogens with one attached hydrogen (secondary N) is 1. The van der Waals surface area contributed by atoms with Gasteiger partial charge in [0.05, 0.1) is 11.9 Å². The molecule has 0 spiro atoms. The van der Waals surface area contributed by atoms with Gasteiger partial charge in [0.1, 0.15) is 11.6 Å². The van der Waals surface area contributed by atoms with Crippen LogP contribution < -0.4 is 10.2 Å². The van der Waals surface area contributed by atoms with E-state index in [1.807, 2.05) is 30.3 Å². The molecular weight excluding hydrogens is 395 g/mol. The molecule has 6 nitrogen and oxygen atoms in total. The third-order valence-corrected chi connectivity index (χ3v) is 5.22. The fraction of sp³-hybridized carbons (Fsp3) is 0.208. The minimum Gasteiger partial charge on any atom is -0.355 e. The monoisotopic (exact) mass is 418 g/mol. The van der Waals surface area contributed by atoms with E-state index in [2.05, 4.69) is 15.2 Å². The Bertz CT molecular complexity index is 1060. The van der Waals surface area contributed by atoms with Crippen LogP contribution in [0.4, 0.5) is 15.9 Å². The molecular formula is C24H23FN4O2. The maximum Gasteiger partial charge on any atom is 0.255 e. The standard InChI is InChI=1S/C24H23FN4O2/c25-20-9-4-8-19(16-20)24(31)29-13-5-12-28(14-15-29)22-11-10-21(17-26-22)27-23(30)18-6-2-1-3-7-18/h1-4,6-11,16-17H,5,12-15H2,(H,27,30). The zero-order valence-electron chi connectivity index (χ0n) is 17.0. The van der Waals surface area contributed by atoms with E-state index in [-0.39, 0.29) is 11.8 Å². The molecule has 158 valence electrons. The lowest BCUT2D eigenvalue weighted by molar-refractivity contribution is 0.0766. The molecule has 1 aromatic heterocycles. The minimum atomic E-state index is -0.411. The Morgan fingerprint density at radius 1 is 0.871 bits per heavy atom. The first-order valence-corrected chi connectivity index (χ1v) is 10.2. The van der Waals surface area contributed by atoms with Gasteiger partial charge < -0.3 is 15.1 Å².